The monoisotopic (exact) mass is 310 g/mol. The minimum atomic E-state index is -0.0555. The predicted octanol–water partition coefficient (Wildman–Crippen LogP) is 2.72. The van der Waals surface area contributed by atoms with Crippen LogP contribution in [0.1, 0.15) is 53.9 Å². The second-order valence-corrected chi connectivity index (χ2v) is 9.06. The molecule has 0 aromatic heterocycles. The van der Waals surface area contributed by atoms with Gasteiger partial charge in [0.1, 0.15) is 0 Å². The Morgan fingerprint density at radius 2 is 1.59 bits per heavy atom. The summed E-state index contributed by atoms with van der Waals surface area (Å²) in [5.41, 5.74) is 0.255. The molecule has 22 heavy (non-hydrogen) atoms. The molecule has 2 heterocycles. The highest BCUT2D eigenvalue weighted by Gasteiger charge is 2.40. The van der Waals surface area contributed by atoms with Crippen LogP contribution < -0.4 is 0 Å². The van der Waals surface area contributed by atoms with Crippen molar-refractivity contribution in [3.8, 4) is 0 Å². The fourth-order valence-corrected chi connectivity index (χ4v) is 3.83. The molecule has 3 fully saturated rings. The molecule has 2 aliphatic heterocycles. The highest BCUT2D eigenvalue weighted by Crippen LogP contribution is 2.34. The van der Waals surface area contributed by atoms with Crippen LogP contribution >= 0.6 is 0 Å². The Labute approximate surface area is 136 Å². The Balaban J connectivity index is 1.49. The number of nitrogens with zero attached hydrogens (tertiary/aromatic N) is 2. The number of ether oxygens (including phenoxy) is 2. The molecule has 2 unspecified atom stereocenters. The number of piperazine rings is 1. The average Bonchev–Trinajstić information content (AvgIpc) is 3.18. The van der Waals surface area contributed by atoms with Crippen LogP contribution in [0.5, 0.6) is 0 Å². The van der Waals surface area contributed by atoms with Gasteiger partial charge in [-0.2, -0.15) is 0 Å². The van der Waals surface area contributed by atoms with Gasteiger partial charge in [-0.25, -0.2) is 0 Å². The summed E-state index contributed by atoms with van der Waals surface area (Å²) in [4.78, 5) is 5.33. The van der Waals surface area contributed by atoms with Gasteiger partial charge in [-0.1, -0.05) is 20.8 Å². The summed E-state index contributed by atoms with van der Waals surface area (Å²) in [5.74, 6) is 0. The highest BCUT2D eigenvalue weighted by molar-refractivity contribution is 4.93. The molecule has 1 saturated carbocycles. The third-order valence-corrected chi connectivity index (χ3v) is 5.42. The molecule has 3 rings (SSSR count). The highest BCUT2D eigenvalue weighted by atomic mass is 16.7. The Kier molecular flexibility index (Phi) is 4.59. The van der Waals surface area contributed by atoms with Crippen molar-refractivity contribution in [3.63, 3.8) is 0 Å². The zero-order valence-corrected chi connectivity index (χ0v) is 15.1. The van der Waals surface area contributed by atoms with E-state index in [9.17, 15) is 0 Å². The fraction of sp³-hybridized carbons (Fsp3) is 1.00. The molecule has 1 aliphatic carbocycles. The van der Waals surface area contributed by atoms with Crippen molar-refractivity contribution in [1.82, 2.24) is 9.80 Å². The number of hydrogen-bond acceptors (Lipinski definition) is 4. The molecule has 3 aliphatic rings. The molecule has 0 radical (unpaired) electrons. The third kappa shape index (κ3) is 3.84. The van der Waals surface area contributed by atoms with E-state index in [0.717, 1.165) is 19.1 Å². The predicted molar refractivity (Wildman–Crippen MR) is 88.9 cm³/mol. The van der Waals surface area contributed by atoms with Crippen LogP contribution in [-0.2, 0) is 9.47 Å². The second kappa shape index (κ2) is 6.04. The molecule has 0 spiro atoms. The normalized spacial score (nSPS) is 32.6. The Bertz CT molecular complexity index is 379. The van der Waals surface area contributed by atoms with Gasteiger partial charge in [0.2, 0.25) is 0 Å². The maximum absolute atomic E-state index is 6.16. The zero-order valence-electron chi connectivity index (χ0n) is 15.1. The maximum Gasteiger partial charge on any atom is 0.162 e. The van der Waals surface area contributed by atoms with Gasteiger partial charge < -0.3 is 9.47 Å². The van der Waals surface area contributed by atoms with E-state index in [0.29, 0.717) is 0 Å². The summed E-state index contributed by atoms with van der Waals surface area (Å²) in [5, 5.41) is 0. The first-order valence-electron chi connectivity index (χ1n) is 9.02. The maximum atomic E-state index is 6.16. The van der Waals surface area contributed by atoms with Crippen LogP contribution in [0.3, 0.4) is 0 Å². The molecular weight excluding hydrogens is 276 g/mol. The van der Waals surface area contributed by atoms with E-state index in [1.807, 2.05) is 0 Å². The molecule has 4 heteroatoms. The van der Waals surface area contributed by atoms with Crippen LogP contribution in [0.2, 0.25) is 0 Å². The van der Waals surface area contributed by atoms with Gasteiger partial charge in [-0.15, -0.1) is 0 Å². The first-order valence-corrected chi connectivity index (χ1v) is 9.02. The van der Waals surface area contributed by atoms with Crippen molar-refractivity contribution in [1.29, 1.82) is 0 Å². The topological polar surface area (TPSA) is 24.9 Å². The van der Waals surface area contributed by atoms with Gasteiger partial charge in [0.15, 0.2) is 6.29 Å². The van der Waals surface area contributed by atoms with Crippen molar-refractivity contribution in [2.24, 2.45) is 5.41 Å². The molecule has 128 valence electrons. The summed E-state index contributed by atoms with van der Waals surface area (Å²) in [6.45, 7) is 16.9. The number of rotatable bonds is 4. The molecule has 0 bridgehead atoms. The fourth-order valence-electron chi connectivity index (χ4n) is 3.83. The number of hydrogen-bond donors (Lipinski definition) is 0. The molecule has 4 nitrogen and oxygen atoms in total. The van der Waals surface area contributed by atoms with Crippen molar-refractivity contribution < 1.29 is 9.47 Å². The quantitative estimate of drug-likeness (QED) is 0.797. The molecule has 2 atom stereocenters. The molecule has 0 N–H and O–H groups in total. The smallest absolute Gasteiger partial charge is 0.162 e. The Morgan fingerprint density at radius 1 is 0.955 bits per heavy atom. The van der Waals surface area contributed by atoms with E-state index in [2.05, 4.69) is 44.4 Å². The summed E-state index contributed by atoms with van der Waals surface area (Å²) in [6, 6.07) is 0.907. The second-order valence-electron chi connectivity index (χ2n) is 9.06. The van der Waals surface area contributed by atoms with Crippen LogP contribution in [0.4, 0.5) is 0 Å². The summed E-state index contributed by atoms with van der Waals surface area (Å²) < 4.78 is 12.0. The van der Waals surface area contributed by atoms with Gasteiger partial charge >= 0.3 is 0 Å². The largest absolute Gasteiger partial charge is 0.349 e. The summed E-state index contributed by atoms with van der Waals surface area (Å²) >= 11 is 0. The Hall–Kier alpha value is -0.160. The van der Waals surface area contributed by atoms with E-state index < -0.39 is 0 Å². The van der Waals surface area contributed by atoms with E-state index in [1.54, 1.807) is 0 Å². The van der Waals surface area contributed by atoms with E-state index in [-0.39, 0.29) is 23.3 Å². The van der Waals surface area contributed by atoms with Crippen molar-refractivity contribution in [3.05, 3.63) is 0 Å². The van der Waals surface area contributed by atoms with Gasteiger partial charge in [0.25, 0.3) is 0 Å². The van der Waals surface area contributed by atoms with Gasteiger partial charge in [-0.05, 0) is 33.1 Å². The molecule has 0 amide bonds. The van der Waals surface area contributed by atoms with Crippen molar-refractivity contribution in [2.75, 3.05) is 32.8 Å². The minimum Gasteiger partial charge on any atom is -0.349 e. The first-order chi connectivity index (χ1) is 10.3. The first kappa shape index (κ1) is 16.7. The lowest BCUT2D eigenvalue weighted by atomic mass is 9.93. The summed E-state index contributed by atoms with van der Waals surface area (Å²) in [6.07, 6.45) is 4.08. The van der Waals surface area contributed by atoms with E-state index >= 15 is 0 Å². The zero-order chi connectivity index (χ0) is 16.0. The summed E-state index contributed by atoms with van der Waals surface area (Å²) in [7, 11) is 0. The van der Waals surface area contributed by atoms with Gasteiger partial charge in [0, 0.05) is 43.2 Å². The molecular formula is C18H34N2O2. The van der Waals surface area contributed by atoms with Gasteiger partial charge in [-0.3, -0.25) is 9.80 Å². The molecule has 2 saturated heterocycles. The third-order valence-electron chi connectivity index (χ3n) is 5.42. The average molecular weight is 310 g/mol. The molecule has 0 aromatic carbocycles. The Morgan fingerprint density at radius 3 is 2.09 bits per heavy atom. The molecule has 0 aromatic rings. The lowest BCUT2D eigenvalue weighted by Crippen LogP contribution is -2.56. The van der Waals surface area contributed by atoms with Gasteiger partial charge in [0.05, 0.1) is 12.7 Å². The lowest BCUT2D eigenvalue weighted by Gasteiger charge is -2.45. The van der Waals surface area contributed by atoms with E-state index in [4.69, 9.17) is 9.47 Å². The SMILES string of the molecule is CC(C)(C)C1OCC(CC(C)(C)N2CCN(C3CC3)CC2)O1. The van der Waals surface area contributed by atoms with Crippen LogP contribution in [0.25, 0.3) is 0 Å². The van der Waals surface area contributed by atoms with Crippen LogP contribution in [-0.4, -0.2) is 66.6 Å². The van der Waals surface area contributed by atoms with Crippen LogP contribution in [0.15, 0.2) is 0 Å². The van der Waals surface area contributed by atoms with Crippen molar-refractivity contribution >= 4 is 0 Å². The van der Waals surface area contributed by atoms with Crippen molar-refractivity contribution in [2.45, 2.75) is 77.9 Å². The van der Waals surface area contributed by atoms with Crippen LogP contribution in [0, 0.1) is 5.41 Å². The lowest BCUT2D eigenvalue weighted by molar-refractivity contribution is -0.128. The standard InChI is InChI=1S/C18H34N2O2/c1-17(2,3)16-21-13-15(22-16)12-18(4,5)20-10-8-19(9-11-20)14-6-7-14/h14-16H,6-13H2,1-5H3. The van der Waals surface area contributed by atoms with E-state index in [1.165, 1.54) is 39.0 Å². The minimum absolute atomic E-state index is 0.0555.